The van der Waals surface area contributed by atoms with Crippen molar-refractivity contribution in [3.63, 3.8) is 0 Å². The second-order valence-electron chi connectivity index (χ2n) is 4.67. The maximum absolute atomic E-state index is 12.4. The molecule has 1 aromatic carbocycles. The van der Waals surface area contributed by atoms with Gasteiger partial charge in [0.15, 0.2) is 9.84 Å². The summed E-state index contributed by atoms with van der Waals surface area (Å²) in [4.78, 5) is 8.07. The summed E-state index contributed by atoms with van der Waals surface area (Å²) in [5.41, 5.74) is 1.04. The molecule has 0 amide bonds. The Morgan fingerprint density at radius 2 is 2.13 bits per heavy atom. The second-order valence-corrected chi connectivity index (χ2v) is 8.11. The van der Waals surface area contributed by atoms with Crippen LogP contribution in [0.15, 0.2) is 33.9 Å². The van der Waals surface area contributed by atoms with Crippen molar-refractivity contribution in [1.82, 2.24) is 20.2 Å². The third-order valence-electron chi connectivity index (χ3n) is 3.22. The number of rotatable bonds is 4. The van der Waals surface area contributed by atoms with E-state index < -0.39 is 9.84 Å². The fourth-order valence-corrected chi connectivity index (χ4v) is 3.52. The van der Waals surface area contributed by atoms with E-state index in [1.807, 2.05) is 0 Å². The number of nitrogens with zero attached hydrogens (tertiary/aromatic N) is 3. The van der Waals surface area contributed by atoms with E-state index >= 15 is 0 Å². The van der Waals surface area contributed by atoms with Crippen molar-refractivity contribution in [2.45, 2.75) is 11.8 Å². The van der Waals surface area contributed by atoms with Crippen molar-refractivity contribution >= 4 is 59.8 Å². The molecule has 2 heterocycles. The van der Waals surface area contributed by atoms with Gasteiger partial charge in [-0.25, -0.2) is 13.4 Å². The molecule has 0 radical (unpaired) electrons. The minimum absolute atomic E-state index is 0.0208. The van der Waals surface area contributed by atoms with Gasteiger partial charge in [-0.3, -0.25) is 5.10 Å². The Morgan fingerprint density at radius 1 is 1.35 bits per heavy atom. The summed E-state index contributed by atoms with van der Waals surface area (Å²) in [6.45, 7) is 1.59. The predicted molar refractivity (Wildman–Crippen MR) is 91.8 cm³/mol. The summed E-state index contributed by atoms with van der Waals surface area (Å²) in [7, 11) is -3.44. The lowest BCUT2D eigenvalue weighted by molar-refractivity contribution is 0.597. The van der Waals surface area contributed by atoms with Crippen molar-refractivity contribution in [3.8, 4) is 0 Å². The van der Waals surface area contributed by atoms with E-state index in [-0.39, 0.29) is 15.9 Å². The molecule has 0 saturated heterocycles. The summed E-state index contributed by atoms with van der Waals surface area (Å²) >= 11 is 9.11. The van der Waals surface area contributed by atoms with Crippen LogP contribution in [0.4, 0.5) is 11.5 Å². The van der Waals surface area contributed by atoms with Crippen molar-refractivity contribution in [3.05, 3.63) is 34.3 Å². The summed E-state index contributed by atoms with van der Waals surface area (Å²) in [5.74, 6) is 0.355. The maximum Gasteiger partial charge on any atom is 0.224 e. The maximum atomic E-state index is 12.4. The van der Waals surface area contributed by atoms with E-state index in [0.717, 1.165) is 5.39 Å². The Balaban J connectivity index is 2.18. The average Bonchev–Trinajstić information content (AvgIpc) is 2.97. The number of anilines is 2. The molecule has 0 atom stereocenters. The molecular weight excluding hydrogens is 406 g/mol. The first-order chi connectivity index (χ1) is 10.9. The molecule has 10 heteroatoms. The molecule has 0 saturated carbocycles. The molecule has 7 nitrogen and oxygen atoms in total. The van der Waals surface area contributed by atoms with E-state index in [4.69, 9.17) is 11.6 Å². The van der Waals surface area contributed by atoms with Gasteiger partial charge in [0.05, 0.1) is 32.5 Å². The average molecular weight is 417 g/mol. The number of aromatic amines is 1. The van der Waals surface area contributed by atoms with Gasteiger partial charge in [-0.15, -0.1) is 0 Å². The van der Waals surface area contributed by atoms with Crippen LogP contribution in [0.3, 0.4) is 0 Å². The molecule has 0 fully saturated rings. The molecule has 23 heavy (non-hydrogen) atoms. The summed E-state index contributed by atoms with van der Waals surface area (Å²) in [5, 5.41) is 10.5. The predicted octanol–water partition coefficient (Wildman–Crippen LogP) is 3.31. The van der Waals surface area contributed by atoms with Gasteiger partial charge in [0.1, 0.15) is 5.82 Å². The molecule has 2 aromatic heterocycles. The Labute approximate surface area is 145 Å². The summed E-state index contributed by atoms with van der Waals surface area (Å²) in [6.07, 6.45) is 3.10. The number of hydrogen-bond acceptors (Lipinski definition) is 6. The number of H-pyrrole nitrogens is 1. The van der Waals surface area contributed by atoms with Gasteiger partial charge in [-0.2, -0.15) is 10.1 Å². The zero-order valence-corrected chi connectivity index (χ0v) is 15.0. The molecule has 0 unspecified atom stereocenters. The highest BCUT2D eigenvalue weighted by atomic mass is 79.9. The van der Waals surface area contributed by atoms with Crippen LogP contribution in [0, 0.1) is 0 Å². The minimum Gasteiger partial charge on any atom is -0.338 e. The molecule has 3 aromatic rings. The zero-order chi connectivity index (χ0) is 16.6. The van der Waals surface area contributed by atoms with E-state index in [2.05, 4.69) is 41.4 Å². The van der Waals surface area contributed by atoms with E-state index in [9.17, 15) is 8.42 Å². The van der Waals surface area contributed by atoms with Crippen LogP contribution in [0.1, 0.15) is 6.92 Å². The first kappa shape index (κ1) is 16.2. The van der Waals surface area contributed by atoms with Gasteiger partial charge in [0.2, 0.25) is 5.28 Å². The monoisotopic (exact) mass is 415 g/mol. The summed E-state index contributed by atoms with van der Waals surface area (Å²) < 4.78 is 25.3. The SMILES string of the molecule is CCS(=O)(=O)c1cc2[nH]ncc2cc1Nc1nc(Cl)ncc1Br. The van der Waals surface area contributed by atoms with Crippen molar-refractivity contribution in [2.24, 2.45) is 0 Å². The molecule has 0 spiro atoms. The van der Waals surface area contributed by atoms with Crippen LogP contribution in [0.5, 0.6) is 0 Å². The smallest absolute Gasteiger partial charge is 0.224 e. The standard InChI is InChI=1S/C13H11BrClN5O2S/c1-2-23(21,22)11-4-9-7(5-17-20-9)3-10(11)18-12-8(14)6-16-13(15)19-12/h3-6H,2H2,1H3,(H,17,20)(H,16,18,19). The van der Waals surface area contributed by atoms with Crippen molar-refractivity contribution in [2.75, 3.05) is 11.1 Å². The molecule has 2 N–H and O–H groups in total. The van der Waals surface area contributed by atoms with E-state index in [1.165, 1.54) is 6.20 Å². The van der Waals surface area contributed by atoms with Crippen LogP contribution >= 0.6 is 27.5 Å². The van der Waals surface area contributed by atoms with E-state index in [1.54, 1.807) is 25.3 Å². The third kappa shape index (κ3) is 3.17. The fraction of sp³-hybridized carbons (Fsp3) is 0.154. The minimum atomic E-state index is -3.44. The Morgan fingerprint density at radius 3 is 2.87 bits per heavy atom. The van der Waals surface area contributed by atoms with Crippen LogP contribution in [-0.4, -0.2) is 34.3 Å². The first-order valence-corrected chi connectivity index (χ1v) is 9.38. The number of halogens is 2. The Kier molecular flexibility index (Phi) is 4.26. The van der Waals surface area contributed by atoms with Crippen LogP contribution < -0.4 is 5.32 Å². The molecule has 0 aliphatic heterocycles. The van der Waals surface area contributed by atoms with Crippen LogP contribution in [0.25, 0.3) is 10.9 Å². The van der Waals surface area contributed by atoms with Crippen LogP contribution in [0.2, 0.25) is 5.28 Å². The van der Waals surface area contributed by atoms with Crippen molar-refractivity contribution in [1.29, 1.82) is 0 Å². The molecule has 3 rings (SSSR count). The van der Waals surface area contributed by atoms with Gasteiger partial charge < -0.3 is 5.32 Å². The first-order valence-electron chi connectivity index (χ1n) is 6.55. The summed E-state index contributed by atoms with van der Waals surface area (Å²) in [6, 6.07) is 3.25. The second kappa shape index (κ2) is 6.06. The number of hydrogen-bond donors (Lipinski definition) is 2. The van der Waals surface area contributed by atoms with Gasteiger partial charge in [-0.05, 0) is 39.7 Å². The fourth-order valence-electron chi connectivity index (χ4n) is 2.04. The molecule has 0 bridgehead atoms. The molecule has 120 valence electrons. The van der Waals surface area contributed by atoms with Gasteiger partial charge >= 0.3 is 0 Å². The zero-order valence-electron chi connectivity index (χ0n) is 11.8. The Bertz CT molecular complexity index is 989. The highest BCUT2D eigenvalue weighted by molar-refractivity contribution is 9.10. The largest absolute Gasteiger partial charge is 0.338 e. The molecule has 0 aliphatic carbocycles. The van der Waals surface area contributed by atoms with Gasteiger partial charge in [0, 0.05) is 11.6 Å². The normalized spacial score (nSPS) is 11.8. The topological polar surface area (TPSA) is 101 Å². The highest BCUT2D eigenvalue weighted by Gasteiger charge is 2.19. The molecular formula is C13H11BrClN5O2S. The Hall–Kier alpha value is -1.71. The number of fused-ring (bicyclic) bond motifs is 1. The van der Waals surface area contributed by atoms with E-state index in [0.29, 0.717) is 21.5 Å². The lowest BCUT2D eigenvalue weighted by Crippen LogP contribution is -2.08. The van der Waals surface area contributed by atoms with Gasteiger partial charge in [-0.1, -0.05) is 6.92 Å². The number of nitrogens with one attached hydrogen (secondary N) is 2. The third-order valence-corrected chi connectivity index (χ3v) is 5.75. The lowest BCUT2D eigenvalue weighted by Gasteiger charge is -2.13. The highest BCUT2D eigenvalue weighted by Crippen LogP contribution is 2.32. The quantitative estimate of drug-likeness (QED) is 0.633. The number of sulfone groups is 1. The molecule has 0 aliphatic rings. The lowest BCUT2D eigenvalue weighted by atomic mass is 10.2. The van der Waals surface area contributed by atoms with Crippen molar-refractivity contribution < 1.29 is 8.42 Å². The van der Waals surface area contributed by atoms with Gasteiger partial charge in [0.25, 0.3) is 0 Å². The van der Waals surface area contributed by atoms with Crippen LogP contribution in [-0.2, 0) is 9.84 Å². The number of benzene rings is 1. The number of aromatic nitrogens is 4.